The molecule has 2 aliphatic carbocycles. The molecular formula is C17H23NO2. The summed E-state index contributed by atoms with van der Waals surface area (Å²) in [5.41, 5.74) is 1.93. The summed E-state index contributed by atoms with van der Waals surface area (Å²) >= 11 is 0. The number of hydrogen-bond acceptors (Lipinski definition) is 2. The second-order valence-corrected chi connectivity index (χ2v) is 6.27. The number of amides is 1. The van der Waals surface area contributed by atoms with Crippen molar-refractivity contribution >= 4 is 5.91 Å². The van der Waals surface area contributed by atoms with Crippen LogP contribution in [0, 0.1) is 12.8 Å². The van der Waals surface area contributed by atoms with Crippen molar-refractivity contribution in [2.24, 2.45) is 5.92 Å². The van der Waals surface area contributed by atoms with Crippen molar-refractivity contribution in [3.63, 3.8) is 0 Å². The second kappa shape index (κ2) is 5.12. The Kier molecular flexibility index (Phi) is 3.45. The highest BCUT2D eigenvalue weighted by Crippen LogP contribution is 2.49. The van der Waals surface area contributed by atoms with Crippen LogP contribution in [0.4, 0.5) is 0 Å². The van der Waals surface area contributed by atoms with Crippen LogP contribution in [0.2, 0.25) is 0 Å². The molecule has 0 heterocycles. The van der Waals surface area contributed by atoms with Crippen LogP contribution >= 0.6 is 0 Å². The molecule has 2 saturated carbocycles. The van der Waals surface area contributed by atoms with Crippen molar-refractivity contribution in [2.75, 3.05) is 13.7 Å². The third kappa shape index (κ3) is 2.30. The number of ether oxygens (including phenoxy) is 1. The summed E-state index contributed by atoms with van der Waals surface area (Å²) in [5.74, 6) is 1.79. The maximum absolute atomic E-state index is 12.5. The van der Waals surface area contributed by atoms with Gasteiger partial charge in [-0.15, -0.1) is 0 Å². The first-order valence-corrected chi connectivity index (χ1v) is 7.59. The van der Waals surface area contributed by atoms with Gasteiger partial charge in [-0.3, -0.25) is 4.79 Å². The molecule has 0 bridgehead atoms. The number of nitrogens with one attached hydrogen (secondary N) is 1. The van der Waals surface area contributed by atoms with Crippen LogP contribution in [0.1, 0.15) is 43.2 Å². The van der Waals surface area contributed by atoms with Crippen molar-refractivity contribution in [1.82, 2.24) is 5.32 Å². The van der Waals surface area contributed by atoms with Gasteiger partial charge >= 0.3 is 0 Å². The van der Waals surface area contributed by atoms with E-state index >= 15 is 0 Å². The fourth-order valence-corrected chi connectivity index (χ4v) is 2.99. The lowest BCUT2D eigenvalue weighted by Gasteiger charge is -2.26. The SMILES string of the molecule is COc1cc(C2(C(=O)NCC3CCC3)CC2)ccc1C. The van der Waals surface area contributed by atoms with Gasteiger partial charge in [0.1, 0.15) is 5.75 Å². The quantitative estimate of drug-likeness (QED) is 0.895. The second-order valence-electron chi connectivity index (χ2n) is 6.27. The zero-order valence-corrected chi connectivity index (χ0v) is 12.4. The molecule has 1 N–H and O–H groups in total. The summed E-state index contributed by atoms with van der Waals surface area (Å²) in [7, 11) is 1.68. The van der Waals surface area contributed by atoms with Crippen molar-refractivity contribution in [3.8, 4) is 5.75 Å². The third-order valence-electron chi connectivity index (χ3n) is 4.92. The molecule has 1 aromatic carbocycles. The standard InChI is InChI=1S/C17H23NO2/c1-12-6-7-14(10-15(12)20-2)17(8-9-17)16(19)18-11-13-4-3-5-13/h6-7,10,13H,3-5,8-9,11H2,1-2H3,(H,18,19). The Labute approximate surface area is 120 Å². The van der Waals surface area contributed by atoms with E-state index in [0.29, 0.717) is 5.92 Å². The Hall–Kier alpha value is -1.51. The van der Waals surface area contributed by atoms with Gasteiger partial charge in [0.25, 0.3) is 0 Å². The Balaban J connectivity index is 1.72. The molecule has 3 rings (SSSR count). The van der Waals surface area contributed by atoms with Crippen molar-refractivity contribution in [2.45, 2.75) is 44.4 Å². The van der Waals surface area contributed by atoms with Crippen molar-refractivity contribution in [1.29, 1.82) is 0 Å². The number of hydrogen-bond donors (Lipinski definition) is 1. The van der Waals surface area contributed by atoms with E-state index in [1.54, 1.807) is 7.11 Å². The zero-order valence-electron chi connectivity index (χ0n) is 12.4. The number of aryl methyl sites for hydroxylation is 1. The molecule has 1 aromatic rings. The maximum Gasteiger partial charge on any atom is 0.230 e. The summed E-state index contributed by atoms with van der Waals surface area (Å²) in [6.45, 7) is 2.88. The summed E-state index contributed by atoms with van der Waals surface area (Å²) < 4.78 is 5.38. The van der Waals surface area contributed by atoms with Crippen LogP contribution < -0.4 is 10.1 Å². The Bertz CT molecular complexity index is 516. The Morgan fingerprint density at radius 3 is 2.70 bits per heavy atom. The molecule has 0 atom stereocenters. The molecule has 20 heavy (non-hydrogen) atoms. The van der Waals surface area contributed by atoms with Crippen molar-refractivity contribution < 1.29 is 9.53 Å². The van der Waals surface area contributed by atoms with E-state index < -0.39 is 0 Å². The lowest BCUT2D eigenvalue weighted by Crippen LogP contribution is -2.39. The Morgan fingerprint density at radius 2 is 2.15 bits per heavy atom. The molecule has 2 fully saturated rings. The zero-order chi connectivity index (χ0) is 14.2. The van der Waals surface area contributed by atoms with E-state index in [9.17, 15) is 4.79 Å². The molecule has 0 spiro atoms. The third-order valence-corrected chi connectivity index (χ3v) is 4.92. The molecule has 1 amide bonds. The molecule has 0 saturated heterocycles. The monoisotopic (exact) mass is 273 g/mol. The van der Waals surface area contributed by atoms with Gasteiger partial charge in [-0.25, -0.2) is 0 Å². The topological polar surface area (TPSA) is 38.3 Å². The molecule has 3 nitrogen and oxygen atoms in total. The van der Waals surface area contributed by atoms with Crippen LogP contribution in [0.25, 0.3) is 0 Å². The first kappa shape index (κ1) is 13.5. The predicted octanol–water partition coefficient (Wildman–Crippen LogP) is 2.95. The van der Waals surface area contributed by atoms with Gasteiger partial charge in [0.2, 0.25) is 5.91 Å². The van der Waals surface area contributed by atoms with Gasteiger partial charge in [0.05, 0.1) is 12.5 Å². The van der Waals surface area contributed by atoms with Crippen LogP contribution in [0.3, 0.4) is 0 Å². The van der Waals surface area contributed by atoms with Crippen LogP contribution in [-0.4, -0.2) is 19.6 Å². The van der Waals surface area contributed by atoms with Crippen molar-refractivity contribution in [3.05, 3.63) is 29.3 Å². The number of methoxy groups -OCH3 is 1. The molecule has 108 valence electrons. The number of carbonyl (C=O) groups is 1. The first-order chi connectivity index (χ1) is 9.65. The molecule has 2 aliphatic rings. The minimum Gasteiger partial charge on any atom is -0.496 e. The largest absolute Gasteiger partial charge is 0.496 e. The first-order valence-electron chi connectivity index (χ1n) is 7.59. The smallest absolute Gasteiger partial charge is 0.230 e. The summed E-state index contributed by atoms with van der Waals surface area (Å²) in [6, 6.07) is 6.16. The summed E-state index contributed by atoms with van der Waals surface area (Å²) in [4.78, 5) is 12.5. The minimum absolute atomic E-state index is 0.204. The molecule has 0 aliphatic heterocycles. The Morgan fingerprint density at radius 1 is 1.40 bits per heavy atom. The van der Waals surface area contributed by atoms with E-state index in [1.807, 2.05) is 19.1 Å². The van der Waals surface area contributed by atoms with E-state index in [0.717, 1.165) is 36.3 Å². The predicted molar refractivity (Wildman–Crippen MR) is 79.0 cm³/mol. The fraction of sp³-hybridized carbons (Fsp3) is 0.588. The van der Waals surface area contributed by atoms with Crippen LogP contribution in [0.15, 0.2) is 18.2 Å². The van der Waals surface area contributed by atoms with E-state index in [1.165, 1.54) is 19.3 Å². The van der Waals surface area contributed by atoms with E-state index in [4.69, 9.17) is 4.74 Å². The number of carbonyl (C=O) groups excluding carboxylic acids is 1. The molecule has 0 aromatic heterocycles. The molecular weight excluding hydrogens is 250 g/mol. The fourth-order valence-electron chi connectivity index (χ4n) is 2.99. The highest BCUT2D eigenvalue weighted by atomic mass is 16.5. The normalized spacial score (nSPS) is 20.1. The van der Waals surface area contributed by atoms with Gasteiger partial charge in [0.15, 0.2) is 0 Å². The molecule has 0 unspecified atom stereocenters. The van der Waals surface area contributed by atoms with Gasteiger partial charge < -0.3 is 10.1 Å². The van der Waals surface area contributed by atoms with Gasteiger partial charge in [0, 0.05) is 6.54 Å². The lowest BCUT2D eigenvalue weighted by atomic mass is 9.85. The van der Waals surface area contributed by atoms with E-state index in [-0.39, 0.29) is 11.3 Å². The van der Waals surface area contributed by atoms with Gasteiger partial charge in [-0.2, -0.15) is 0 Å². The van der Waals surface area contributed by atoms with Crippen LogP contribution in [0.5, 0.6) is 5.75 Å². The summed E-state index contributed by atoms with van der Waals surface area (Å²) in [5, 5.41) is 3.16. The van der Waals surface area contributed by atoms with Gasteiger partial charge in [-0.1, -0.05) is 18.6 Å². The number of rotatable bonds is 5. The molecule has 3 heteroatoms. The summed E-state index contributed by atoms with van der Waals surface area (Å²) in [6.07, 6.45) is 5.77. The van der Waals surface area contributed by atoms with E-state index in [2.05, 4.69) is 11.4 Å². The highest BCUT2D eigenvalue weighted by molar-refractivity contribution is 5.91. The number of benzene rings is 1. The minimum atomic E-state index is -0.287. The maximum atomic E-state index is 12.5. The average Bonchev–Trinajstić information content (AvgIpc) is 3.19. The highest BCUT2D eigenvalue weighted by Gasteiger charge is 2.51. The average molecular weight is 273 g/mol. The lowest BCUT2D eigenvalue weighted by molar-refractivity contribution is -0.123. The van der Waals surface area contributed by atoms with Crippen LogP contribution in [-0.2, 0) is 10.2 Å². The molecule has 0 radical (unpaired) electrons. The van der Waals surface area contributed by atoms with Gasteiger partial charge in [-0.05, 0) is 55.7 Å².